The van der Waals surface area contributed by atoms with E-state index in [0.29, 0.717) is 11.3 Å². The van der Waals surface area contributed by atoms with Crippen LogP contribution in [-0.4, -0.2) is 25.7 Å². The third-order valence-electron chi connectivity index (χ3n) is 4.56. The second kappa shape index (κ2) is 9.37. The van der Waals surface area contributed by atoms with Crippen LogP contribution in [0.3, 0.4) is 0 Å². The van der Waals surface area contributed by atoms with Crippen LogP contribution < -0.4 is 5.32 Å². The molecule has 0 aliphatic heterocycles. The second-order valence-corrected chi connectivity index (χ2v) is 7.54. The number of benzene rings is 2. The molecule has 6 nitrogen and oxygen atoms in total. The molecule has 1 amide bonds. The minimum absolute atomic E-state index is 0.121. The van der Waals surface area contributed by atoms with Crippen molar-refractivity contribution in [2.24, 2.45) is 0 Å². The summed E-state index contributed by atoms with van der Waals surface area (Å²) in [6.07, 6.45) is 3.51. The average Bonchev–Trinajstić information content (AvgIpc) is 3.22. The fraction of sp³-hybridized carbons (Fsp3) is 0.130. The van der Waals surface area contributed by atoms with Crippen LogP contribution in [0, 0.1) is 0 Å². The van der Waals surface area contributed by atoms with Crippen LogP contribution in [0.5, 0.6) is 0 Å². The van der Waals surface area contributed by atoms with Gasteiger partial charge in [-0.2, -0.15) is 0 Å². The molecule has 7 heteroatoms. The predicted octanol–water partition coefficient (Wildman–Crippen LogP) is 4.90. The third kappa shape index (κ3) is 4.58. The first-order valence-electron chi connectivity index (χ1n) is 9.66. The van der Waals surface area contributed by atoms with E-state index in [9.17, 15) is 4.79 Å². The van der Waals surface area contributed by atoms with Gasteiger partial charge in [0.15, 0.2) is 11.0 Å². The molecule has 1 N–H and O–H groups in total. The zero-order valence-corrected chi connectivity index (χ0v) is 17.3. The zero-order valence-electron chi connectivity index (χ0n) is 16.5. The van der Waals surface area contributed by atoms with Crippen LogP contribution in [0.25, 0.3) is 11.4 Å². The maximum Gasteiger partial charge on any atom is 0.255 e. The number of carbonyl (C=O) groups is 1. The fourth-order valence-electron chi connectivity index (χ4n) is 3.07. The molecule has 30 heavy (non-hydrogen) atoms. The number of aromatic nitrogens is 4. The van der Waals surface area contributed by atoms with Gasteiger partial charge in [0, 0.05) is 41.5 Å². The van der Waals surface area contributed by atoms with Gasteiger partial charge >= 0.3 is 0 Å². The van der Waals surface area contributed by atoms with E-state index in [0.717, 1.165) is 34.3 Å². The Labute approximate surface area is 179 Å². The number of thioether (sulfide) groups is 1. The van der Waals surface area contributed by atoms with Crippen LogP contribution in [0.2, 0.25) is 0 Å². The number of hydrogen-bond donors (Lipinski definition) is 1. The Bertz CT molecular complexity index is 1130. The summed E-state index contributed by atoms with van der Waals surface area (Å²) < 4.78 is 2.09. The van der Waals surface area contributed by atoms with Gasteiger partial charge in [-0.1, -0.05) is 42.1 Å². The Morgan fingerprint density at radius 2 is 1.80 bits per heavy atom. The smallest absolute Gasteiger partial charge is 0.255 e. The average molecular weight is 416 g/mol. The second-order valence-electron chi connectivity index (χ2n) is 6.60. The van der Waals surface area contributed by atoms with Crippen LogP contribution >= 0.6 is 11.8 Å². The van der Waals surface area contributed by atoms with Gasteiger partial charge in [-0.25, -0.2) is 0 Å². The summed E-state index contributed by atoms with van der Waals surface area (Å²) in [5.74, 6) is 1.41. The maximum absolute atomic E-state index is 12.6. The van der Waals surface area contributed by atoms with E-state index in [2.05, 4.69) is 32.0 Å². The van der Waals surface area contributed by atoms with Gasteiger partial charge in [0.25, 0.3) is 5.91 Å². The largest absolute Gasteiger partial charge is 0.322 e. The molecule has 2 aromatic heterocycles. The van der Waals surface area contributed by atoms with Gasteiger partial charge in [0.2, 0.25) is 0 Å². The van der Waals surface area contributed by atoms with Crippen molar-refractivity contribution in [1.82, 2.24) is 19.7 Å². The molecule has 0 aliphatic rings. The number of nitrogens with one attached hydrogen (secondary N) is 1. The van der Waals surface area contributed by atoms with Crippen LogP contribution in [0.1, 0.15) is 22.8 Å². The van der Waals surface area contributed by atoms with E-state index in [-0.39, 0.29) is 5.91 Å². The highest BCUT2D eigenvalue weighted by molar-refractivity contribution is 7.98. The molecule has 0 bridgehead atoms. The molecule has 0 spiro atoms. The molecule has 0 saturated carbocycles. The van der Waals surface area contributed by atoms with Gasteiger partial charge in [-0.3, -0.25) is 9.78 Å². The zero-order chi connectivity index (χ0) is 20.8. The van der Waals surface area contributed by atoms with Crippen molar-refractivity contribution in [2.45, 2.75) is 24.4 Å². The van der Waals surface area contributed by atoms with E-state index < -0.39 is 0 Å². The molecule has 0 radical (unpaired) electrons. The van der Waals surface area contributed by atoms with E-state index in [1.165, 1.54) is 0 Å². The van der Waals surface area contributed by atoms with Gasteiger partial charge < -0.3 is 9.88 Å². The molecular formula is C23H21N5OS. The first-order chi connectivity index (χ1) is 14.7. The summed E-state index contributed by atoms with van der Waals surface area (Å²) in [5.41, 5.74) is 3.45. The first-order valence-corrected chi connectivity index (χ1v) is 10.6. The number of rotatable bonds is 7. The molecule has 2 aromatic carbocycles. The number of carbonyl (C=O) groups excluding carboxylic acids is 1. The molecule has 4 aromatic rings. The van der Waals surface area contributed by atoms with E-state index in [1.807, 2.05) is 66.7 Å². The van der Waals surface area contributed by atoms with Gasteiger partial charge in [0.1, 0.15) is 0 Å². The van der Waals surface area contributed by atoms with E-state index in [4.69, 9.17) is 0 Å². The molecule has 2 heterocycles. The van der Waals surface area contributed by atoms with Crippen molar-refractivity contribution in [2.75, 3.05) is 5.32 Å². The Kier molecular flexibility index (Phi) is 6.20. The lowest BCUT2D eigenvalue weighted by molar-refractivity contribution is 0.102. The number of amides is 1. The lowest BCUT2D eigenvalue weighted by atomic mass is 10.1. The molecule has 0 saturated heterocycles. The normalized spacial score (nSPS) is 10.7. The topological polar surface area (TPSA) is 72.7 Å². The lowest BCUT2D eigenvalue weighted by Gasteiger charge is -2.08. The van der Waals surface area contributed by atoms with Crippen molar-refractivity contribution in [3.8, 4) is 11.4 Å². The van der Waals surface area contributed by atoms with Crippen LogP contribution in [-0.2, 0) is 12.3 Å². The Hall–Kier alpha value is -3.45. The van der Waals surface area contributed by atoms with Crippen molar-refractivity contribution in [3.05, 3.63) is 90.3 Å². The van der Waals surface area contributed by atoms with Crippen LogP contribution in [0.4, 0.5) is 5.69 Å². The third-order valence-corrected chi connectivity index (χ3v) is 5.60. The minimum atomic E-state index is -0.121. The fourth-order valence-corrected chi connectivity index (χ4v) is 4.02. The SMILES string of the molecule is CCn1c(SCc2cccc(C(=O)Nc3ccccc3)c2)nnc1-c1ccncc1. The minimum Gasteiger partial charge on any atom is -0.322 e. The Morgan fingerprint density at radius 1 is 1.00 bits per heavy atom. The Morgan fingerprint density at radius 3 is 2.57 bits per heavy atom. The quantitative estimate of drug-likeness (QED) is 0.435. The Balaban J connectivity index is 1.46. The van der Waals surface area contributed by atoms with E-state index in [1.54, 1.807) is 24.2 Å². The first kappa shape index (κ1) is 19.8. The molecule has 0 fully saturated rings. The summed E-state index contributed by atoms with van der Waals surface area (Å²) in [6.45, 7) is 2.85. The summed E-state index contributed by atoms with van der Waals surface area (Å²) >= 11 is 1.61. The molecule has 0 atom stereocenters. The predicted molar refractivity (Wildman–Crippen MR) is 119 cm³/mol. The number of hydrogen-bond acceptors (Lipinski definition) is 5. The molecule has 4 rings (SSSR count). The van der Waals surface area contributed by atoms with Crippen molar-refractivity contribution >= 4 is 23.4 Å². The highest BCUT2D eigenvalue weighted by atomic mass is 32.2. The van der Waals surface area contributed by atoms with Crippen molar-refractivity contribution in [1.29, 1.82) is 0 Å². The lowest BCUT2D eigenvalue weighted by Crippen LogP contribution is -2.11. The highest BCUT2D eigenvalue weighted by Crippen LogP contribution is 2.26. The number of pyridine rings is 1. The van der Waals surface area contributed by atoms with Gasteiger partial charge in [0.05, 0.1) is 0 Å². The maximum atomic E-state index is 12.6. The highest BCUT2D eigenvalue weighted by Gasteiger charge is 2.14. The monoisotopic (exact) mass is 415 g/mol. The number of anilines is 1. The summed E-state index contributed by atoms with van der Waals surface area (Å²) in [6, 6.07) is 21.0. The molecule has 150 valence electrons. The van der Waals surface area contributed by atoms with Crippen molar-refractivity contribution < 1.29 is 4.79 Å². The summed E-state index contributed by atoms with van der Waals surface area (Å²) in [4.78, 5) is 16.6. The number of nitrogens with zero attached hydrogens (tertiary/aromatic N) is 4. The van der Waals surface area contributed by atoms with Crippen molar-refractivity contribution in [3.63, 3.8) is 0 Å². The van der Waals surface area contributed by atoms with Gasteiger partial charge in [-0.15, -0.1) is 10.2 Å². The standard InChI is InChI=1S/C23H21N5OS/c1-2-28-21(18-11-13-24-14-12-18)26-27-23(28)30-16-17-7-6-8-19(15-17)22(29)25-20-9-4-3-5-10-20/h3-15H,2,16H2,1H3,(H,25,29). The molecule has 0 unspecified atom stereocenters. The summed E-state index contributed by atoms with van der Waals surface area (Å²) in [5, 5.41) is 12.5. The molecule has 0 aliphatic carbocycles. The summed E-state index contributed by atoms with van der Waals surface area (Å²) in [7, 11) is 0. The molecular weight excluding hydrogens is 394 g/mol. The van der Waals surface area contributed by atoms with Gasteiger partial charge in [-0.05, 0) is 48.9 Å². The van der Waals surface area contributed by atoms with E-state index >= 15 is 0 Å². The van der Waals surface area contributed by atoms with Crippen LogP contribution in [0.15, 0.2) is 84.3 Å². The number of para-hydroxylation sites is 1.